The topological polar surface area (TPSA) is 62.2 Å². The van der Waals surface area contributed by atoms with E-state index in [0.717, 1.165) is 39.0 Å². The van der Waals surface area contributed by atoms with Crippen molar-refractivity contribution in [3.05, 3.63) is 0 Å². The summed E-state index contributed by atoms with van der Waals surface area (Å²) in [5.74, 6) is 0.133. The number of halogens is 1. The van der Waals surface area contributed by atoms with Crippen molar-refractivity contribution < 1.29 is 17.7 Å². The van der Waals surface area contributed by atoms with E-state index in [9.17, 15) is 9.90 Å². The number of carbonyl (C=O) groups is 1. The number of carbonyl (C=O) groups excluding carboxylic acids is 1. The highest BCUT2D eigenvalue weighted by Crippen LogP contribution is 2.16. The monoisotopic (exact) mass is 384 g/mol. The second-order valence-corrected chi connectivity index (χ2v) is 5.68. The number of hydrogen-bond donors (Lipinski definition) is 1. The Morgan fingerprint density at radius 2 is 2.16 bits per heavy atom. The number of β-amino-alcohol motifs (C(OH)–C–C–N with tert-alkyl or cyclic N) is 1. The first-order valence-electron chi connectivity index (χ1n) is 6.75. The Bertz CT molecular complexity index is 291. The van der Waals surface area contributed by atoms with Crippen LogP contribution in [0.2, 0.25) is 0 Å². The summed E-state index contributed by atoms with van der Waals surface area (Å²) in [4.78, 5) is 16.2. The smallest absolute Gasteiger partial charge is 0.251 e. The van der Waals surface area contributed by atoms with Crippen LogP contribution < -0.4 is 0 Å². The molecule has 2 aliphatic rings. The molecule has 0 aliphatic carbocycles. The highest BCUT2D eigenvalue weighted by Gasteiger charge is 2.30. The molecule has 1 N–H and O–H groups in total. The van der Waals surface area contributed by atoms with Crippen LogP contribution in [-0.2, 0) is 12.6 Å². The van der Waals surface area contributed by atoms with Gasteiger partial charge in [-0.3, -0.25) is 9.69 Å². The Labute approximate surface area is 127 Å². The average Bonchev–Trinajstić information content (AvgIpc) is 2.93. The maximum atomic E-state index is 12.1. The number of rotatable bonds is 5. The highest BCUT2D eigenvalue weighted by molar-refractivity contribution is 14.1. The van der Waals surface area contributed by atoms with Gasteiger partial charge in [0.25, 0.3) is 5.91 Å². The van der Waals surface area contributed by atoms with Crippen molar-refractivity contribution in [2.75, 3.05) is 45.9 Å². The fraction of sp³-hybridized carbons (Fsp3) is 0.917. The zero-order valence-corrected chi connectivity index (χ0v) is 13.1. The van der Waals surface area contributed by atoms with Gasteiger partial charge in [0.2, 0.25) is 0 Å². The van der Waals surface area contributed by atoms with Crippen LogP contribution in [0.4, 0.5) is 0 Å². The molecule has 0 aromatic heterocycles. The third kappa shape index (κ3) is 4.52. The van der Waals surface area contributed by atoms with Crippen molar-refractivity contribution in [1.82, 2.24) is 9.80 Å². The summed E-state index contributed by atoms with van der Waals surface area (Å²) >= 11 is 1.78. The summed E-state index contributed by atoms with van der Waals surface area (Å²) in [6.45, 7) is 4.69. The van der Waals surface area contributed by atoms with Gasteiger partial charge in [0.1, 0.15) is 29.1 Å². The minimum absolute atomic E-state index is 0.133. The molecule has 0 aromatic rings. The molecular formula is C12H21IN2O4. The van der Waals surface area contributed by atoms with Crippen LogP contribution in [0.25, 0.3) is 0 Å². The minimum atomic E-state index is -0.461. The summed E-state index contributed by atoms with van der Waals surface area (Å²) < 4.78 is 10.3. The Morgan fingerprint density at radius 1 is 1.42 bits per heavy atom. The van der Waals surface area contributed by atoms with Gasteiger partial charge < -0.3 is 17.8 Å². The van der Waals surface area contributed by atoms with Crippen molar-refractivity contribution in [3.63, 3.8) is 0 Å². The number of nitrogens with zero attached hydrogens (tertiary/aromatic N) is 2. The van der Waals surface area contributed by atoms with Gasteiger partial charge in [-0.15, -0.1) is 0 Å². The summed E-state index contributed by atoms with van der Waals surface area (Å²) in [7, 11) is 0. The van der Waals surface area contributed by atoms with E-state index in [4.69, 9.17) is 7.80 Å². The molecular weight excluding hydrogens is 363 g/mol. The molecule has 0 bridgehead atoms. The molecule has 1 amide bonds. The zero-order chi connectivity index (χ0) is 13.7. The third-order valence-electron chi connectivity index (χ3n) is 3.61. The molecule has 2 atom stereocenters. The summed E-state index contributed by atoms with van der Waals surface area (Å²) in [5.41, 5.74) is 0. The first-order valence-corrected chi connectivity index (χ1v) is 7.63. The van der Waals surface area contributed by atoms with Crippen LogP contribution in [0, 0.1) is 0 Å². The van der Waals surface area contributed by atoms with Crippen molar-refractivity contribution in [2.24, 2.45) is 0 Å². The van der Waals surface area contributed by atoms with Crippen molar-refractivity contribution in [3.8, 4) is 0 Å². The number of hydrogen-bond acceptors (Lipinski definition) is 5. The minimum Gasteiger partial charge on any atom is -0.389 e. The van der Waals surface area contributed by atoms with E-state index >= 15 is 0 Å². The Kier molecular flexibility index (Phi) is 6.27. The van der Waals surface area contributed by atoms with E-state index in [0.29, 0.717) is 19.8 Å². The van der Waals surface area contributed by atoms with Crippen molar-refractivity contribution >= 4 is 28.9 Å². The maximum Gasteiger partial charge on any atom is 0.251 e. The van der Waals surface area contributed by atoms with Gasteiger partial charge in [-0.25, -0.2) is 0 Å². The quantitative estimate of drug-likeness (QED) is 0.679. The lowest BCUT2D eigenvalue weighted by molar-refractivity contribution is -0.142. The average molecular weight is 384 g/mol. The lowest BCUT2D eigenvalue weighted by Crippen LogP contribution is -2.52. The summed E-state index contributed by atoms with van der Waals surface area (Å²) in [5, 5.41) is 9.68. The maximum absolute atomic E-state index is 12.1. The lowest BCUT2D eigenvalue weighted by Gasteiger charge is -2.36. The SMILES string of the molecule is O=C(C1CCCO1)N1CCN(CC(O)COI)CC1. The largest absolute Gasteiger partial charge is 0.389 e. The molecule has 0 spiro atoms. The normalized spacial score (nSPS) is 26.6. The van der Waals surface area contributed by atoms with Crippen LogP contribution in [0.5, 0.6) is 0 Å². The Hall–Kier alpha value is 0.0400. The van der Waals surface area contributed by atoms with Gasteiger partial charge in [0.05, 0.1) is 12.7 Å². The number of ether oxygens (including phenoxy) is 1. The highest BCUT2D eigenvalue weighted by atomic mass is 127. The van der Waals surface area contributed by atoms with Gasteiger partial charge in [0, 0.05) is 39.3 Å². The molecule has 7 heteroatoms. The Balaban J connectivity index is 1.71. The van der Waals surface area contributed by atoms with Crippen molar-refractivity contribution in [1.29, 1.82) is 0 Å². The molecule has 2 unspecified atom stereocenters. The summed E-state index contributed by atoms with van der Waals surface area (Å²) in [6, 6.07) is 0. The van der Waals surface area contributed by atoms with E-state index in [1.807, 2.05) is 4.90 Å². The van der Waals surface area contributed by atoms with Gasteiger partial charge >= 0.3 is 0 Å². The second kappa shape index (κ2) is 7.72. The number of piperazine rings is 1. The predicted octanol–water partition coefficient (Wildman–Crippen LogP) is 0.0371. The molecule has 2 aliphatic heterocycles. The number of aliphatic hydroxyl groups is 1. The molecule has 110 valence electrons. The fourth-order valence-electron chi connectivity index (χ4n) is 2.55. The first kappa shape index (κ1) is 15.4. The summed E-state index contributed by atoms with van der Waals surface area (Å²) in [6.07, 6.45) is 1.16. The standard InChI is InChI=1S/C12H21IN2O4/c13-19-9-10(16)8-14-3-5-15(6-4-14)12(17)11-2-1-7-18-11/h10-11,16H,1-9H2. The van der Waals surface area contributed by atoms with Crippen LogP contribution in [0.3, 0.4) is 0 Å². The second-order valence-electron chi connectivity index (χ2n) is 5.06. The first-order chi connectivity index (χ1) is 9.20. The molecule has 2 saturated heterocycles. The van der Waals surface area contributed by atoms with E-state index in [-0.39, 0.29) is 12.0 Å². The zero-order valence-electron chi connectivity index (χ0n) is 11.0. The van der Waals surface area contributed by atoms with Crippen LogP contribution in [0.1, 0.15) is 12.8 Å². The third-order valence-corrected chi connectivity index (χ3v) is 3.97. The van der Waals surface area contributed by atoms with Gasteiger partial charge in [-0.05, 0) is 12.8 Å². The van der Waals surface area contributed by atoms with E-state index in [1.54, 1.807) is 23.0 Å². The predicted molar refractivity (Wildman–Crippen MR) is 78.0 cm³/mol. The number of amides is 1. The van der Waals surface area contributed by atoms with Crippen LogP contribution >= 0.6 is 23.0 Å². The van der Waals surface area contributed by atoms with Gasteiger partial charge in [0.15, 0.2) is 0 Å². The molecule has 19 heavy (non-hydrogen) atoms. The lowest BCUT2D eigenvalue weighted by atomic mass is 10.2. The Morgan fingerprint density at radius 3 is 2.74 bits per heavy atom. The molecule has 2 rings (SSSR count). The molecule has 2 fully saturated rings. The van der Waals surface area contributed by atoms with Gasteiger partial charge in [-0.2, -0.15) is 0 Å². The van der Waals surface area contributed by atoms with E-state index in [2.05, 4.69) is 4.90 Å². The molecule has 2 heterocycles. The van der Waals surface area contributed by atoms with Gasteiger partial charge in [-0.1, -0.05) is 0 Å². The van der Waals surface area contributed by atoms with E-state index in [1.165, 1.54) is 0 Å². The van der Waals surface area contributed by atoms with E-state index < -0.39 is 6.10 Å². The fourth-order valence-corrected chi connectivity index (χ4v) is 2.97. The molecule has 0 saturated carbocycles. The number of aliphatic hydroxyl groups excluding tert-OH is 1. The molecule has 6 nitrogen and oxygen atoms in total. The molecule has 0 radical (unpaired) electrons. The van der Waals surface area contributed by atoms with Crippen LogP contribution in [-0.4, -0.2) is 79.0 Å². The molecule has 0 aromatic carbocycles. The van der Waals surface area contributed by atoms with Crippen LogP contribution in [0.15, 0.2) is 0 Å². The van der Waals surface area contributed by atoms with Crippen molar-refractivity contribution in [2.45, 2.75) is 25.0 Å².